The topological polar surface area (TPSA) is 68.9 Å². The molecule has 6 heteroatoms. The molecule has 2 unspecified atom stereocenters. The third kappa shape index (κ3) is 1.36. The van der Waals surface area contributed by atoms with Crippen LogP contribution in [-0.4, -0.2) is 30.2 Å². The predicted octanol–water partition coefficient (Wildman–Crippen LogP) is 1.13. The lowest BCUT2D eigenvalue weighted by Crippen LogP contribution is -2.27. The van der Waals surface area contributed by atoms with Crippen LogP contribution in [0.15, 0.2) is 0 Å². The maximum Gasteiger partial charge on any atom is 0.291 e. The summed E-state index contributed by atoms with van der Waals surface area (Å²) < 4.78 is 1.47. The lowest BCUT2D eigenvalue weighted by atomic mass is 9.71. The number of nitrogens with zero attached hydrogens (tertiary/aromatic N) is 6. The van der Waals surface area contributed by atoms with E-state index in [2.05, 4.69) is 25.6 Å². The second-order valence-electron chi connectivity index (χ2n) is 5.10. The first-order valence-electron chi connectivity index (χ1n) is 6.37. The van der Waals surface area contributed by atoms with E-state index in [0.717, 1.165) is 23.7 Å². The van der Waals surface area contributed by atoms with Crippen LogP contribution in [0.2, 0.25) is 0 Å². The molecule has 1 saturated carbocycles. The number of hydrogen-bond donors (Lipinski definition) is 0. The zero-order valence-electron chi connectivity index (χ0n) is 9.58. The summed E-state index contributed by atoms with van der Waals surface area (Å²) in [6.07, 6.45) is 7.57. The van der Waals surface area contributed by atoms with Gasteiger partial charge in [0.2, 0.25) is 0 Å². The van der Waals surface area contributed by atoms with Gasteiger partial charge in [0.1, 0.15) is 0 Å². The second-order valence-corrected chi connectivity index (χ2v) is 5.10. The highest BCUT2D eigenvalue weighted by atomic mass is 15.6. The van der Waals surface area contributed by atoms with Crippen LogP contribution in [0, 0.1) is 5.92 Å². The van der Waals surface area contributed by atoms with E-state index < -0.39 is 0 Å². The zero-order valence-corrected chi connectivity index (χ0v) is 9.58. The summed E-state index contributed by atoms with van der Waals surface area (Å²) in [7, 11) is 0. The number of hydrogen-bond acceptors (Lipinski definition) is 5. The summed E-state index contributed by atoms with van der Waals surface area (Å²) in [6.45, 7) is 0. The number of rotatable bonds is 0. The van der Waals surface area contributed by atoms with Crippen LogP contribution >= 0.6 is 0 Å². The normalized spacial score (nSPS) is 27.8. The highest BCUT2D eigenvalue weighted by Crippen LogP contribution is 2.43. The third-order valence-corrected chi connectivity index (χ3v) is 4.18. The van der Waals surface area contributed by atoms with Gasteiger partial charge in [-0.05, 0) is 42.0 Å². The van der Waals surface area contributed by atoms with E-state index in [9.17, 15) is 0 Å². The summed E-state index contributed by atoms with van der Waals surface area (Å²) in [5.41, 5.74) is 2.27. The molecule has 2 aromatic heterocycles. The van der Waals surface area contributed by atoms with Crippen molar-refractivity contribution in [1.29, 1.82) is 0 Å². The summed E-state index contributed by atoms with van der Waals surface area (Å²) in [5.74, 6) is 1.92. The maximum atomic E-state index is 4.58. The van der Waals surface area contributed by atoms with Crippen LogP contribution < -0.4 is 0 Å². The fourth-order valence-electron chi connectivity index (χ4n) is 3.35. The maximum absolute atomic E-state index is 4.58. The molecule has 2 atom stereocenters. The van der Waals surface area contributed by atoms with Crippen molar-refractivity contribution in [2.75, 3.05) is 0 Å². The van der Waals surface area contributed by atoms with Gasteiger partial charge in [0, 0.05) is 5.92 Å². The third-order valence-electron chi connectivity index (χ3n) is 4.18. The molecule has 88 valence electrons. The minimum atomic E-state index is 0.526. The smallest absolute Gasteiger partial charge is 0.211 e. The van der Waals surface area contributed by atoms with Crippen molar-refractivity contribution in [3.63, 3.8) is 0 Å². The molecule has 0 radical (unpaired) electrons. The van der Waals surface area contributed by atoms with Crippen LogP contribution in [0.5, 0.6) is 0 Å². The first-order chi connectivity index (χ1) is 8.42. The van der Waals surface area contributed by atoms with Gasteiger partial charge in [-0.2, -0.15) is 0 Å². The van der Waals surface area contributed by atoms with Gasteiger partial charge in [0.15, 0.2) is 0 Å². The van der Waals surface area contributed by atoms with Crippen molar-refractivity contribution in [2.24, 2.45) is 5.92 Å². The van der Waals surface area contributed by atoms with Crippen LogP contribution in [0.3, 0.4) is 0 Å². The predicted molar refractivity (Wildman–Crippen MR) is 59.4 cm³/mol. The highest BCUT2D eigenvalue weighted by molar-refractivity contribution is 5.29. The van der Waals surface area contributed by atoms with Gasteiger partial charge in [0.25, 0.3) is 5.78 Å². The molecule has 2 aromatic rings. The molecule has 1 fully saturated rings. The SMILES string of the molecule is C1CCC2c3nn4nnnc4nc3CCC2C1. The summed E-state index contributed by atoms with van der Waals surface area (Å²) >= 11 is 0. The summed E-state index contributed by atoms with van der Waals surface area (Å²) in [5, 5.41) is 15.9. The zero-order chi connectivity index (χ0) is 11.2. The first kappa shape index (κ1) is 9.44. The van der Waals surface area contributed by atoms with Gasteiger partial charge >= 0.3 is 0 Å². The van der Waals surface area contributed by atoms with Gasteiger partial charge in [-0.3, -0.25) is 0 Å². The number of aromatic nitrogens is 6. The number of aryl methyl sites for hydroxylation is 1. The average molecular weight is 230 g/mol. The monoisotopic (exact) mass is 230 g/mol. The number of fused-ring (bicyclic) bond motifs is 4. The Bertz CT molecular complexity index is 562. The van der Waals surface area contributed by atoms with Gasteiger partial charge in [-0.15, -0.1) is 5.10 Å². The van der Waals surface area contributed by atoms with Crippen molar-refractivity contribution in [2.45, 2.75) is 44.4 Å². The minimum Gasteiger partial charge on any atom is -0.211 e. The Labute approximate surface area is 98.4 Å². The van der Waals surface area contributed by atoms with E-state index in [1.807, 2.05) is 0 Å². The molecule has 0 amide bonds. The molecule has 2 heterocycles. The van der Waals surface area contributed by atoms with E-state index >= 15 is 0 Å². The summed E-state index contributed by atoms with van der Waals surface area (Å²) in [4.78, 5) is 4.53. The molecular weight excluding hydrogens is 216 g/mol. The molecule has 0 aliphatic heterocycles. The minimum absolute atomic E-state index is 0.526. The quantitative estimate of drug-likeness (QED) is 0.678. The Morgan fingerprint density at radius 1 is 1.12 bits per heavy atom. The Morgan fingerprint density at radius 3 is 3.06 bits per heavy atom. The van der Waals surface area contributed by atoms with Gasteiger partial charge < -0.3 is 0 Å². The van der Waals surface area contributed by atoms with Crippen LogP contribution in [0.25, 0.3) is 5.78 Å². The summed E-state index contributed by atoms with van der Waals surface area (Å²) in [6, 6.07) is 0. The van der Waals surface area contributed by atoms with Gasteiger partial charge in [0.05, 0.1) is 11.4 Å². The molecule has 4 rings (SSSR count). The largest absolute Gasteiger partial charge is 0.291 e. The van der Waals surface area contributed by atoms with Crippen molar-refractivity contribution in [1.82, 2.24) is 30.2 Å². The Balaban J connectivity index is 1.87. The van der Waals surface area contributed by atoms with Crippen molar-refractivity contribution >= 4 is 5.78 Å². The Kier molecular flexibility index (Phi) is 1.92. The number of tetrazole rings is 1. The molecule has 0 saturated heterocycles. The van der Waals surface area contributed by atoms with E-state index in [4.69, 9.17) is 0 Å². The molecule has 0 spiro atoms. The Hall–Kier alpha value is -1.59. The highest BCUT2D eigenvalue weighted by Gasteiger charge is 2.34. The molecule has 17 heavy (non-hydrogen) atoms. The molecule has 0 N–H and O–H groups in total. The molecular formula is C11H14N6. The second kappa shape index (κ2) is 3.45. The van der Waals surface area contributed by atoms with Crippen LogP contribution in [0.1, 0.15) is 49.4 Å². The molecule has 0 bridgehead atoms. The Morgan fingerprint density at radius 2 is 2.06 bits per heavy atom. The van der Waals surface area contributed by atoms with E-state index in [0.29, 0.717) is 11.7 Å². The fourth-order valence-corrected chi connectivity index (χ4v) is 3.35. The lowest BCUT2D eigenvalue weighted by molar-refractivity contribution is 0.265. The van der Waals surface area contributed by atoms with E-state index in [1.165, 1.54) is 36.7 Å². The van der Waals surface area contributed by atoms with Gasteiger partial charge in [-0.25, -0.2) is 4.98 Å². The lowest BCUT2D eigenvalue weighted by Gasteiger charge is -2.35. The fraction of sp³-hybridized carbons (Fsp3) is 0.727. The molecule has 0 aromatic carbocycles. The first-order valence-corrected chi connectivity index (χ1v) is 6.37. The molecule has 6 nitrogen and oxygen atoms in total. The van der Waals surface area contributed by atoms with Crippen molar-refractivity contribution in [3.8, 4) is 0 Å². The average Bonchev–Trinajstić information content (AvgIpc) is 2.83. The van der Waals surface area contributed by atoms with Crippen LogP contribution in [0.4, 0.5) is 0 Å². The van der Waals surface area contributed by atoms with E-state index in [-0.39, 0.29) is 0 Å². The van der Waals surface area contributed by atoms with E-state index in [1.54, 1.807) is 0 Å². The van der Waals surface area contributed by atoms with Crippen molar-refractivity contribution < 1.29 is 0 Å². The molecule has 2 aliphatic carbocycles. The van der Waals surface area contributed by atoms with Crippen molar-refractivity contribution in [3.05, 3.63) is 11.4 Å². The molecule has 2 aliphatic rings. The standard InChI is InChI=1S/C11H14N6/c1-2-4-8-7(3-1)5-6-9-10(8)14-17-11(12-9)13-15-16-17/h7-8H,1-6H2. The van der Waals surface area contributed by atoms with Gasteiger partial charge in [-0.1, -0.05) is 22.6 Å². The van der Waals surface area contributed by atoms with Crippen LogP contribution in [-0.2, 0) is 6.42 Å².